The van der Waals surface area contributed by atoms with Crippen LogP contribution in [0.4, 0.5) is 4.39 Å². The van der Waals surface area contributed by atoms with Crippen LogP contribution in [0.3, 0.4) is 0 Å². The molecule has 2 rings (SSSR count). The third-order valence-corrected chi connectivity index (χ3v) is 3.57. The van der Waals surface area contributed by atoms with Crippen molar-refractivity contribution in [3.63, 3.8) is 0 Å². The van der Waals surface area contributed by atoms with Crippen LogP contribution in [0.2, 0.25) is 0 Å². The Hall–Kier alpha value is -0.930. The lowest BCUT2D eigenvalue weighted by Crippen LogP contribution is -2.39. The van der Waals surface area contributed by atoms with Gasteiger partial charge in [-0.1, -0.05) is 12.1 Å². The molecular formula is C14H20FNO. The first kappa shape index (κ1) is 12.5. The van der Waals surface area contributed by atoms with Gasteiger partial charge in [0.15, 0.2) is 0 Å². The molecule has 0 bridgehead atoms. The minimum atomic E-state index is -0.144. The van der Waals surface area contributed by atoms with Gasteiger partial charge in [-0.3, -0.25) is 0 Å². The fourth-order valence-corrected chi connectivity index (χ4v) is 2.68. The van der Waals surface area contributed by atoms with Crippen molar-refractivity contribution < 1.29 is 9.13 Å². The third-order valence-electron chi connectivity index (χ3n) is 3.57. The van der Waals surface area contributed by atoms with E-state index in [1.807, 2.05) is 13.1 Å². The van der Waals surface area contributed by atoms with Gasteiger partial charge in [0, 0.05) is 19.8 Å². The molecule has 1 heterocycles. The molecule has 0 radical (unpaired) electrons. The van der Waals surface area contributed by atoms with E-state index in [2.05, 4.69) is 5.32 Å². The smallest absolute Gasteiger partial charge is 0.123 e. The molecule has 1 aromatic rings. The van der Waals surface area contributed by atoms with Gasteiger partial charge < -0.3 is 10.1 Å². The van der Waals surface area contributed by atoms with Crippen LogP contribution >= 0.6 is 0 Å². The standard InChI is InChI=1S/C14H20FNO/c1-16-11-14(5-7-17-8-6-14)10-12-3-2-4-13(15)9-12/h2-4,9,16H,5-8,10-11H2,1H3. The van der Waals surface area contributed by atoms with E-state index >= 15 is 0 Å². The number of hydrogen-bond donors (Lipinski definition) is 1. The number of halogens is 1. The summed E-state index contributed by atoms with van der Waals surface area (Å²) in [5.41, 5.74) is 1.31. The number of benzene rings is 1. The van der Waals surface area contributed by atoms with Gasteiger partial charge in [0.2, 0.25) is 0 Å². The number of ether oxygens (including phenoxy) is 1. The van der Waals surface area contributed by atoms with Gasteiger partial charge in [-0.2, -0.15) is 0 Å². The number of rotatable bonds is 4. The van der Waals surface area contributed by atoms with Crippen LogP contribution in [0.25, 0.3) is 0 Å². The predicted molar refractivity (Wildman–Crippen MR) is 66.5 cm³/mol. The minimum Gasteiger partial charge on any atom is -0.381 e. The molecule has 2 nitrogen and oxygen atoms in total. The van der Waals surface area contributed by atoms with E-state index in [1.165, 1.54) is 6.07 Å². The van der Waals surface area contributed by atoms with Gasteiger partial charge in [0.25, 0.3) is 0 Å². The molecule has 0 aromatic heterocycles. The second-order valence-corrected chi connectivity index (χ2v) is 4.95. The topological polar surface area (TPSA) is 21.3 Å². The van der Waals surface area contributed by atoms with Crippen LogP contribution in [0.15, 0.2) is 24.3 Å². The van der Waals surface area contributed by atoms with Crippen LogP contribution in [-0.4, -0.2) is 26.8 Å². The van der Waals surface area contributed by atoms with E-state index in [0.717, 1.165) is 44.6 Å². The molecule has 0 saturated carbocycles. The molecule has 3 heteroatoms. The second kappa shape index (κ2) is 5.61. The molecule has 0 aliphatic carbocycles. The maximum absolute atomic E-state index is 13.2. The molecule has 0 unspecified atom stereocenters. The van der Waals surface area contributed by atoms with E-state index < -0.39 is 0 Å². The molecule has 1 N–H and O–H groups in total. The molecule has 1 fully saturated rings. The largest absolute Gasteiger partial charge is 0.381 e. The third kappa shape index (κ3) is 3.27. The van der Waals surface area contributed by atoms with Crippen molar-refractivity contribution in [3.05, 3.63) is 35.6 Å². The zero-order chi connectivity index (χ0) is 12.1. The SMILES string of the molecule is CNCC1(Cc2cccc(F)c2)CCOCC1. The fourth-order valence-electron chi connectivity index (χ4n) is 2.68. The van der Waals surface area contributed by atoms with Gasteiger partial charge in [-0.05, 0) is 49.4 Å². The van der Waals surface area contributed by atoms with Crippen molar-refractivity contribution in [1.29, 1.82) is 0 Å². The highest BCUT2D eigenvalue weighted by Gasteiger charge is 2.32. The van der Waals surface area contributed by atoms with E-state index in [1.54, 1.807) is 12.1 Å². The van der Waals surface area contributed by atoms with E-state index in [0.29, 0.717) is 0 Å². The first-order valence-electron chi connectivity index (χ1n) is 6.21. The zero-order valence-electron chi connectivity index (χ0n) is 10.3. The summed E-state index contributed by atoms with van der Waals surface area (Å²) in [6.45, 7) is 2.60. The average molecular weight is 237 g/mol. The number of hydrogen-bond acceptors (Lipinski definition) is 2. The molecule has 0 atom stereocenters. The maximum atomic E-state index is 13.2. The summed E-state index contributed by atoms with van der Waals surface area (Å²) in [6, 6.07) is 6.94. The van der Waals surface area contributed by atoms with E-state index in [9.17, 15) is 4.39 Å². The molecular weight excluding hydrogens is 217 g/mol. The Morgan fingerprint density at radius 2 is 2.12 bits per heavy atom. The summed E-state index contributed by atoms with van der Waals surface area (Å²) < 4.78 is 18.6. The molecule has 1 saturated heterocycles. The Morgan fingerprint density at radius 3 is 2.76 bits per heavy atom. The molecule has 94 valence electrons. The maximum Gasteiger partial charge on any atom is 0.123 e. The zero-order valence-corrected chi connectivity index (χ0v) is 10.3. The van der Waals surface area contributed by atoms with Crippen molar-refractivity contribution in [2.45, 2.75) is 19.3 Å². The van der Waals surface area contributed by atoms with Crippen LogP contribution in [0.5, 0.6) is 0 Å². The molecule has 1 aliphatic heterocycles. The van der Waals surface area contributed by atoms with Crippen LogP contribution in [0, 0.1) is 11.2 Å². The van der Waals surface area contributed by atoms with E-state index in [-0.39, 0.29) is 11.2 Å². The second-order valence-electron chi connectivity index (χ2n) is 4.95. The van der Waals surface area contributed by atoms with Gasteiger partial charge in [-0.15, -0.1) is 0 Å². The Kier molecular flexibility index (Phi) is 4.13. The van der Waals surface area contributed by atoms with Crippen molar-refractivity contribution in [1.82, 2.24) is 5.32 Å². The fraction of sp³-hybridized carbons (Fsp3) is 0.571. The summed E-state index contributed by atoms with van der Waals surface area (Å²) in [4.78, 5) is 0. The van der Waals surface area contributed by atoms with Gasteiger partial charge in [-0.25, -0.2) is 4.39 Å². The Morgan fingerprint density at radius 1 is 1.35 bits per heavy atom. The van der Waals surface area contributed by atoms with Crippen LogP contribution in [-0.2, 0) is 11.2 Å². The average Bonchev–Trinajstić information content (AvgIpc) is 2.30. The van der Waals surface area contributed by atoms with Crippen molar-refractivity contribution in [3.8, 4) is 0 Å². The highest BCUT2D eigenvalue weighted by atomic mass is 19.1. The molecule has 0 amide bonds. The highest BCUT2D eigenvalue weighted by molar-refractivity contribution is 5.18. The molecule has 1 aliphatic rings. The molecule has 1 aromatic carbocycles. The molecule has 0 spiro atoms. The van der Waals surface area contributed by atoms with Gasteiger partial charge in [0.05, 0.1) is 0 Å². The monoisotopic (exact) mass is 237 g/mol. The van der Waals surface area contributed by atoms with Gasteiger partial charge >= 0.3 is 0 Å². The quantitative estimate of drug-likeness (QED) is 0.868. The van der Waals surface area contributed by atoms with Gasteiger partial charge in [0.1, 0.15) is 5.82 Å². The van der Waals surface area contributed by atoms with Crippen LogP contribution < -0.4 is 5.32 Å². The lowest BCUT2D eigenvalue weighted by molar-refractivity contribution is 0.0158. The Labute approximate surface area is 102 Å². The van der Waals surface area contributed by atoms with Crippen LogP contribution in [0.1, 0.15) is 18.4 Å². The normalized spacial score (nSPS) is 19.2. The summed E-state index contributed by atoms with van der Waals surface area (Å²) >= 11 is 0. The lowest BCUT2D eigenvalue weighted by Gasteiger charge is -2.37. The summed E-state index contributed by atoms with van der Waals surface area (Å²) in [5, 5.41) is 3.26. The summed E-state index contributed by atoms with van der Waals surface area (Å²) in [7, 11) is 1.97. The van der Waals surface area contributed by atoms with E-state index in [4.69, 9.17) is 4.74 Å². The summed E-state index contributed by atoms with van der Waals surface area (Å²) in [6.07, 6.45) is 3.02. The summed E-state index contributed by atoms with van der Waals surface area (Å²) in [5.74, 6) is -0.144. The highest BCUT2D eigenvalue weighted by Crippen LogP contribution is 2.33. The van der Waals surface area contributed by atoms with Crippen molar-refractivity contribution in [2.75, 3.05) is 26.8 Å². The lowest BCUT2D eigenvalue weighted by atomic mass is 9.75. The number of nitrogens with one attached hydrogen (secondary N) is 1. The molecule has 17 heavy (non-hydrogen) atoms. The first-order valence-corrected chi connectivity index (χ1v) is 6.21. The first-order chi connectivity index (χ1) is 8.24. The Bertz CT molecular complexity index is 355. The predicted octanol–water partition coefficient (Wildman–Crippen LogP) is 2.38. The Balaban J connectivity index is 2.11. The van der Waals surface area contributed by atoms with Crippen molar-refractivity contribution in [2.24, 2.45) is 5.41 Å². The minimum absolute atomic E-state index is 0.144. The van der Waals surface area contributed by atoms with Crippen molar-refractivity contribution >= 4 is 0 Å².